The second kappa shape index (κ2) is 6.06. The second-order valence-corrected chi connectivity index (χ2v) is 6.67. The fourth-order valence-corrected chi connectivity index (χ4v) is 2.95. The lowest BCUT2D eigenvalue weighted by molar-refractivity contribution is 0.490. The molecular weight excluding hydrogens is 404 g/mol. The van der Waals surface area contributed by atoms with Crippen LogP contribution in [0.4, 0.5) is 0 Å². The van der Waals surface area contributed by atoms with Crippen LogP contribution >= 0.6 is 15.9 Å². The molecule has 0 amide bonds. The summed E-state index contributed by atoms with van der Waals surface area (Å²) in [7, 11) is 3.00. The van der Waals surface area contributed by atoms with Crippen LogP contribution in [-0.2, 0) is 20.6 Å². The Morgan fingerprint density at radius 2 is 1.81 bits per heavy atom. The Morgan fingerprint density at radius 3 is 2.54 bits per heavy atom. The van der Waals surface area contributed by atoms with E-state index >= 15 is 0 Å². The van der Waals surface area contributed by atoms with Crippen LogP contribution in [0.25, 0.3) is 22.6 Å². The SMILES string of the molecule is Cn1c(=O)c2c(ncn2Cc2nnc(-c3ccc(Br)cc3)o2)n(C)c1=O. The van der Waals surface area contributed by atoms with Crippen LogP contribution in [0.1, 0.15) is 5.89 Å². The van der Waals surface area contributed by atoms with Crippen molar-refractivity contribution < 1.29 is 4.42 Å². The first kappa shape index (κ1) is 16.5. The molecular formula is C16H13BrN6O3. The predicted octanol–water partition coefficient (Wildman–Crippen LogP) is 1.29. The Morgan fingerprint density at radius 1 is 1.08 bits per heavy atom. The highest BCUT2D eigenvalue weighted by Gasteiger charge is 2.16. The summed E-state index contributed by atoms with van der Waals surface area (Å²) in [6.45, 7) is 0.174. The van der Waals surface area contributed by atoms with Crippen molar-refractivity contribution in [2.24, 2.45) is 14.1 Å². The number of hydrogen-bond acceptors (Lipinski definition) is 6. The number of imidazole rings is 1. The monoisotopic (exact) mass is 416 g/mol. The number of fused-ring (bicyclic) bond motifs is 1. The highest BCUT2D eigenvalue weighted by Crippen LogP contribution is 2.21. The number of benzene rings is 1. The van der Waals surface area contributed by atoms with Crippen LogP contribution < -0.4 is 11.2 Å². The Balaban J connectivity index is 1.74. The summed E-state index contributed by atoms with van der Waals surface area (Å²) in [6, 6.07) is 7.48. The molecule has 3 heterocycles. The van der Waals surface area contributed by atoms with Crippen LogP contribution in [0.2, 0.25) is 0 Å². The first-order valence-corrected chi connectivity index (χ1v) is 8.44. The van der Waals surface area contributed by atoms with Crippen LogP contribution in [0.5, 0.6) is 0 Å². The number of aromatic nitrogens is 6. The average molecular weight is 417 g/mol. The first-order chi connectivity index (χ1) is 12.5. The summed E-state index contributed by atoms with van der Waals surface area (Å²) in [5.74, 6) is 0.718. The van der Waals surface area contributed by atoms with Gasteiger partial charge in [0.05, 0.1) is 6.33 Å². The molecule has 0 saturated carbocycles. The first-order valence-electron chi connectivity index (χ1n) is 7.65. The summed E-state index contributed by atoms with van der Waals surface area (Å²) < 4.78 is 10.6. The van der Waals surface area contributed by atoms with Crippen molar-refractivity contribution in [2.75, 3.05) is 0 Å². The molecule has 26 heavy (non-hydrogen) atoms. The van der Waals surface area contributed by atoms with E-state index in [1.54, 1.807) is 11.6 Å². The van der Waals surface area contributed by atoms with Crippen molar-refractivity contribution in [2.45, 2.75) is 6.54 Å². The zero-order chi connectivity index (χ0) is 18.4. The summed E-state index contributed by atoms with van der Waals surface area (Å²) in [4.78, 5) is 28.6. The standard InChI is InChI=1S/C16H13BrN6O3/c1-21-13-12(15(24)22(2)16(21)25)23(8-18-13)7-11-19-20-14(26-11)9-3-5-10(17)6-4-9/h3-6,8H,7H2,1-2H3. The van der Waals surface area contributed by atoms with Crippen molar-refractivity contribution in [3.8, 4) is 11.5 Å². The van der Waals surface area contributed by atoms with Gasteiger partial charge in [-0.3, -0.25) is 13.9 Å². The lowest BCUT2D eigenvalue weighted by Crippen LogP contribution is -2.37. The lowest BCUT2D eigenvalue weighted by Gasteiger charge is -2.04. The van der Waals surface area contributed by atoms with Crippen molar-refractivity contribution in [1.82, 2.24) is 28.9 Å². The normalized spacial score (nSPS) is 11.3. The topological polar surface area (TPSA) is 101 Å². The summed E-state index contributed by atoms with van der Waals surface area (Å²) >= 11 is 3.38. The van der Waals surface area contributed by atoms with E-state index in [1.807, 2.05) is 24.3 Å². The van der Waals surface area contributed by atoms with E-state index in [-0.39, 0.29) is 6.54 Å². The molecule has 0 unspecified atom stereocenters. The predicted molar refractivity (Wildman–Crippen MR) is 96.8 cm³/mol. The van der Waals surface area contributed by atoms with Gasteiger partial charge in [0.15, 0.2) is 11.2 Å². The van der Waals surface area contributed by atoms with Crippen LogP contribution in [-0.4, -0.2) is 28.9 Å². The summed E-state index contributed by atoms with van der Waals surface area (Å²) in [5.41, 5.74) is 0.556. The zero-order valence-electron chi connectivity index (χ0n) is 13.9. The molecule has 132 valence electrons. The van der Waals surface area contributed by atoms with Gasteiger partial charge in [0.2, 0.25) is 11.8 Å². The molecule has 0 spiro atoms. The minimum absolute atomic E-state index is 0.174. The van der Waals surface area contributed by atoms with Gasteiger partial charge < -0.3 is 8.98 Å². The zero-order valence-corrected chi connectivity index (χ0v) is 15.5. The molecule has 0 saturated heterocycles. The van der Waals surface area contributed by atoms with Gasteiger partial charge >= 0.3 is 5.69 Å². The van der Waals surface area contributed by atoms with E-state index < -0.39 is 11.2 Å². The van der Waals surface area contributed by atoms with Crippen molar-refractivity contribution in [3.63, 3.8) is 0 Å². The highest BCUT2D eigenvalue weighted by atomic mass is 79.9. The summed E-state index contributed by atoms with van der Waals surface area (Å²) in [5, 5.41) is 8.08. The van der Waals surface area contributed by atoms with Gasteiger partial charge in [0.1, 0.15) is 6.54 Å². The molecule has 4 aromatic rings. The smallest absolute Gasteiger partial charge is 0.332 e. The van der Waals surface area contributed by atoms with Gasteiger partial charge in [0.25, 0.3) is 5.56 Å². The molecule has 0 fully saturated rings. The second-order valence-electron chi connectivity index (χ2n) is 5.76. The Kier molecular flexibility index (Phi) is 3.83. The summed E-state index contributed by atoms with van der Waals surface area (Å²) in [6.07, 6.45) is 1.48. The van der Waals surface area contributed by atoms with Crippen LogP contribution in [0.15, 0.2) is 49.1 Å². The Hall–Kier alpha value is -3.01. The van der Waals surface area contributed by atoms with Gasteiger partial charge in [-0.05, 0) is 24.3 Å². The third-order valence-corrected chi connectivity index (χ3v) is 4.61. The number of hydrogen-bond donors (Lipinski definition) is 0. The maximum Gasteiger partial charge on any atom is 0.332 e. The number of halogens is 1. The van der Waals surface area contributed by atoms with Crippen molar-refractivity contribution in [1.29, 1.82) is 0 Å². The van der Waals surface area contributed by atoms with Crippen LogP contribution in [0, 0.1) is 0 Å². The highest BCUT2D eigenvalue weighted by molar-refractivity contribution is 9.10. The van der Waals surface area contributed by atoms with E-state index in [0.29, 0.717) is 22.9 Å². The van der Waals surface area contributed by atoms with Gasteiger partial charge in [-0.25, -0.2) is 9.78 Å². The molecule has 0 bridgehead atoms. The van der Waals surface area contributed by atoms with Gasteiger partial charge in [0, 0.05) is 24.1 Å². The number of rotatable bonds is 3. The molecule has 4 rings (SSSR count). The number of nitrogens with zero attached hydrogens (tertiary/aromatic N) is 6. The molecule has 3 aromatic heterocycles. The van der Waals surface area contributed by atoms with E-state index in [9.17, 15) is 9.59 Å². The van der Waals surface area contributed by atoms with Crippen molar-refractivity contribution >= 4 is 27.1 Å². The maximum absolute atomic E-state index is 12.4. The third kappa shape index (κ3) is 2.58. The average Bonchev–Trinajstić information content (AvgIpc) is 3.26. The van der Waals surface area contributed by atoms with E-state index in [4.69, 9.17) is 4.42 Å². The van der Waals surface area contributed by atoms with E-state index in [1.165, 1.54) is 17.9 Å². The number of aryl methyl sites for hydroxylation is 1. The molecule has 1 aromatic carbocycles. The molecule has 10 heteroatoms. The minimum Gasteiger partial charge on any atom is -0.419 e. The van der Waals surface area contributed by atoms with Crippen molar-refractivity contribution in [3.05, 3.63) is 61.8 Å². The fraction of sp³-hybridized carbons (Fsp3) is 0.188. The molecule has 0 aliphatic carbocycles. The molecule has 0 radical (unpaired) electrons. The molecule has 0 aliphatic rings. The fourth-order valence-electron chi connectivity index (χ4n) is 2.69. The Labute approximate surface area is 154 Å². The van der Waals surface area contributed by atoms with Crippen LogP contribution in [0.3, 0.4) is 0 Å². The molecule has 9 nitrogen and oxygen atoms in total. The molecule has 0 N–H and O–H groups in total. The van der Waals surface area contributed by atoms with E-state index in [0.717, 1.165) is 14.6 Å². The molecule has 0 aliphatic heterocycles. The van der Waals surface area contributed by atoms with Gasteiger partial charge in [-0.1, -0.05) is 15.9 Å². The maximum atomic E-state index is 12.4. The van der Waals surface area contributed by atoms with Gasteiger partial charge in [-0.2, -0.15) is 0 Å². The van der Waals surface area contributed by atoms with E-state index in [2.05, 4.69) is 31.1 Å². The quantitative estimate of drug-likeness (QED) is 0.498. The van der Waals surface area contributed by atoms with Gasteiger partial charge in [-0.15, -0.1) is 10.2 Å². The Bertz CT molecular complexity index is 1230. The molecule has 0 atom stereocenters. The minimum atomic E-state index is -0.428. The lowest BCUT2D eigenvalue weighted by atomic mass is 10.2. The largest absolute Gasteiger partial charge is 0.419 e. The third-order valence-electron chi connectivity index (χ3n) is 4.08.